The Hall–Kier alpha value is -3.17. The van der Waals surface area contributed by atoms with Gasteiger partial charge in [0.05, 0.1) is 24.2 Å². The monoisotopic (exact) mass is 467 g/mol. The van der Waals surface area contributed by atoms with E-state index < -0.39 is 0 Å². The Balaban J connectivity index is 1.37. The van der Waals surface area contributed by atoms with Crippen LogP contribution in [0.5, 0.6) is 0 Å². The lowest BCUT2D eigenvalue weighted by Gasteiger charge is -2.05. The van der Waals surface area contributed by atoms with E-state index in [2.05, 4.69) is 25.5 Å². The molecule has 0 fully saturated rings. The fourth-order valence-electron chi connectivity index (χ4n) is 3.21. The van der Waals surface area contributed by atoms with Crippen LogP contribution in [0.2, 0.25) is 5.02 Å². The van der Waals surface area contributed by atoms with Crippen LogP contribution in [-0.2, 0) is 17.9 Å². The lowest BCUT2D eigenvalue weighted by Crippen LogP contribution is -2.15. The number of nitrogens with zero attached hydrogens (tertiary/aromatic N) is 6. The Labute approximate surface area is 195 Å². The molecule has 4 rings (SSSR count). The highest BCUT2D eigenvalue weighted by Crippen LogP contribution is 2.24. The third kappa shape index (κ3) is 5.17. The Morgan fingerprint density at radius 1 is 1.22 bits per heavy atom. The number of aromatic nitrogens is 6. The summed E-state index contributed by atoms with van der Waals surface area (Å²) in [4.78, 5) is 21.3. The second-order valence-corrected chi connectivity index (χ2v) is 8.38. The fraction of sp³-hybridized carbons (Fsp3) is 0.227. The minimum absolute atomic E-state index is 0.137. The van der Waals surface area contributed by atoms with E-state index in [1.165, 1.54) is 11.8 Å². The molecular formula is C22H22ClN7OS. The second kappa shape index (κ2) is 9.97. The summed E-state index contributed by atoms with van der Waals surface area (Å²) < 4.78 is 3.62. The van der Waals surface area contributed by atoms with E-state index in [9.17, 15) is 4.79 Å². The minimum atomic E-state index is -0.231. The fourth-order valence-corrected chi connectivity index (χ4v) is 4.04. The van der Waals surface area contributed by atoms with Gasteiger partial charge in [-0.05, 0) is 25.5 Å². The molecule has 1 aromatic carbocycles. The number of halogens is 1. The maximum Gasteiger partial charge on any atom is 0.236 e. The third-order valence-electron chi connectivity index (χ3n) is 4.81. The molecule has 3 heterocycles. The van der Waals surface area contributed by atoms with Gasteiger partial charge in [0.15, 0.2) is 11.0 Å². The summed E-state index contributed by atoms with van der Waals surface area (Å²) in [5, 5.41) is 12.4. The molecule has 8 nitrogen and oxygen atoms in total. The number of carbonyl (C=O) groups is 1. The summed E-state index contributed by atoms with van der Waals surface area (Å²) in [5.41, 5.74) is 3.87. The van der Waals surface area contributed by atoms with Crippen LogP contribution in [0.25, 0.3) is 11.3 Å². The van der Waals surface area contributed by atoms with Gasteiger partial charge in [-0.3, -0.25) is 14.2 Å². The number of nitrogens with one attached hydrogen (secondary N) is 1. The van der Waals surface area contributed by atoms with Crippen LogP contribution in [0.4, 0.5) is 5.82 Å². The van der Waals surface area contributed by atoms with E-state index in [4.69, 9.17) is 11.6 Å². The van der Waals surface area contributed by atoms with Crippen molar-refractivity contribution in [1.29, 1.82) is 0 Å². The normalized spacial score (nSPS) is 11.0. The molecule has 1 N–H and O–H groups in total. The van der Waals surface area contributed by atoms with Crippen LogP contribution < -0.4 is 5.32 Å². The SMILES string of the molecule is CCn1ncc(-c2ccnc(SCC(=O)Nc3nn(Cc4ccccc4)cc3Cl)n2)c1C. The number of hydrogen-bond donors (Lipinski definition) is 1. The lowest BCUT2D eigenvalue weighted by atomic mass is 10.2. The van der Waals surface area contributed by atoms with Gasteiger partial charge in [-0.15, -0.1) is 0 Å². The first-order chi connectivity index (χ1) is 15.5. The van der Waals surface area contributed by atoms with Crippen molar-refractivity contribution in [3.05, 3.63) is 71.3 Å². The van der Waals surface area contributed by atoms with Crippen molar-refractivity contribution < 1.29 is 4.79 Å². The van der Waals surface area contributed by atoms with Gasteiger partial charge in [0.25, 0.3) is 0 Å². The highest BCUT2D eigenvalue weighted by atomic mass is 35.5. The smallest absolute Gasteiger partial charge is 0.236 e. The minimum Gasteiger partial charge on any atom is -0.307 e. The standard InChI is InChI=1S/C22H22ClN7OS/c1-3-30-15(2)17(11-25-30)19-9-10-24-22(26-19)32-14-20(31)27-21-18(23)13-29(28-21)12-16-7-5-4-6-8-16/h4-11,13H,3,12,14H2,1-2H3,(H,27,28,31). The van der Waals surface area contributed by atoms with Crippen LogP contribution in [0, 0.1) is 6.92 Å². The van der Waals surface area contributed by atoms with Crippen LogP contribution in [0.3, 0.4) is 0 Å². The van der Waals surface area contributed by atoms with E-state index in [1.807, 2.05) is 54.9 Å². The first-order valence-corrected chi connectivity index (χ1v) is 11.4. The Morgan fingerprint density at radius 3 is 2.78 bits per heavy atom. The number of aryl methyl sites for hydroxylation is 1. The van der Waals surface area contributed by atoms with E-state index >= 15 is 0 Å². The van der Waals surface area contributed by atoms with Gasteiger partial charge >= 0.3 is 0 Å². The molecule has 0 atom stereocenters. The van der Waals surface area contributed by atoms with E-state index in [0.717, 1.165) is 29.1 Å². The zero-order chi connectivity index (χ0) is 22.5. The first-order valence-electron chi connectivity index (χ1n) is 10.1. The number of rotatable bonds is 8. The van der Waals surface area contributed by atoms with Crippen molar-refractivity contribution in [1.82, 2.24) is 29.5 Å². The van der Waals surface area contributed by atoms with E-state index in [-0.39, 0.29) is 11.7 Å². The molecule has 0 radical (unpaired) electrons. The molecule has 4 aromatic rings. The number of hydrogen-bond acceptors (Lipinski definition) is 6. The van der Waals surface area contributed by atoms with Gasteiger partial charge in [-0.2, -0.15) is 10.2 Å². The number of anilines is 1. The quantitative estimate of drug-likeness (QED) is 0.307. The van der Waals surface area contributed by atoms with Crippen LogP contribution >= 0.6 is 23.4 Å². The van der Waals surface area contributed by atoms with Crippen LogP contribution in [0.1, 0.15) is 18.2 Å². The molecule has 0 aliphatic rings. The maximum absolute atomic E-state index is 12.4. The molecule has 0 unspecified atom stereocenters. The summed E-state index contributed by atoms with van der Waals surface area (Å²) in [6, 6.07) is 11.7. The zero-order valence-corrected chi connectivity index (χ0v) is 19.3. The average molecular weight is 468 g/mol. The first kappa shape index (κ1) is 22.0. The molecule has 32 heavy (non-hydrogen) atoms. The molecule has 0 saturated carbocycles. The number of amides is 1. The van der Waals surface area contributed by atoms with Gasteiger partial charge in [0.2, 0.25) is 5.91 Å². The summed E-state index contributed by atoms with van der Waals surface area (Å²) >= 11 is 7.50. The van der Waals surface area contributed by atoms with Crippen LogP contribution in [0.15, 0.2) is 60.1 Å². The Kier molecular flexibility index (Phi) is 6.87. The van der Waals surface area contributed by atoms with Crippen molar-refractivity contribution >= 4 is 35.1 Å². The Morgan fingerprint density at radius 2 is 2.03 bits per heavy atom. The molecule has 3 aromatic heterocycles. The van der Waals surface area contributed by atoms with Crippen molar-refractivity contribution in [2.45, 2.75) is 32.1 Å². The van der Waals surface area contributed by atoms with Crippen molar-refractivity contribution in [2.24, 2.45) is 0 Å². The lowest BCUT2D eigenvalue weighted by molar-refractivity contribution is -0.113. The zero-order valence-electron chi connectivity index (χ0n) is 17.7. The number of benzene rings is 1. The summed E-state index contributed by atoms with van der Waals surface area (Å²) in [6.45, 7) is 5.41. The molecule has 0 aliphatic heterocycles. The molecule has 0 spiro atoms. The molecule has 0 aliphatic carbocycles. The van der Waals surface area contributed by atoms with Gasteiger partial charge in [0, 0.05) is 30.2 Å². The van der Waals surface area contributed by atoms with Gasteiger partial charge in [0.1, 0.15) is 5.02 Å². The second-order valence-electron chi connectivity index (χ2n) is 7.03. The molecule has 0 bridgehead atoms. The predicted octanol–water partition coefficient (Wildman–Crippen LogP) is 4.30. The molecule has 1 amide bonds. The van der Waals surface area contributed by atoms with Crippen molar-refractivity contribution in [3.63, 3.8) is 0 Å². The van der Waals surface area contributed by atoms with E-state index in [0.29, 0.717) is 22.5 Å². The molecule has 0 saturated heterocycles. The number of carbonyl (C=O) groups excluding carboxylic acids is 1. The topological polar surface area (TPSA) is 90.5 Å². The number of thioether (sulfide) groups is 1. The van der Waals surface area contributed by atoms with Gasteiger partial charge < -0.3 is 5.32 Å². The average Bonchev–Trinajstić information content (AvgIpc) is 3.34. The predicted molar refractivity (Wildman–Crippen MR) is 126 cm³/mol. The van der Waals surface area contributed by atoms with Crippen molar-refractivity contribution in [2.75, 3.05) is 11.1 Å². The van der Waals surface area contributed by atoms with Gasteiger partial charge in [-0.25, -0.2) is 9.97 Å². The highest BCUT2D eigenvalue weighted by Gasteiger charge is 2.14. The largest absolute Gasteiger partial charge is 0.307 e. The van der Waals surface area contributed by atoms with Crippen LogP contribution in [-0.4, -0.2) is 41.2 Å². The van der Waals surface area contributed by atoms with Crippen molar-refractivity contribution in [3.8, 4) is 11.3 Å². The molecule has 10 heteroatoms. The molecule has 164 valence electrons. The van der Waals surface area contributed by atoms with E-state index in [1.54, 1.807) is 23.3 Å². The summed E-state index contributed by atoms with van der Waals surface area (Å²) in [6.07, 6.45) is 5.19. The Bertz CT molecular complexity index is 1220. The summed E-state index contributed by atoms with van der Waals surface area (Å²) in [5.74, 6) is 0.245. The van der Waals surface area contributed by atoms with Gasteiger partial charge in [-0.1, -0.05) is 53.7 Å². The third-order valence-corrected chi connectivity index (χ3v) is 5.94. The molecular weight excluding hydrogens is 446 g/mol. The maximum atomic E-state index is 12.4. The summed E-state index contributed by atoms with van der Waals surface area (Å²) in [7, 11) is 0. The highest BCUT2D eigenvalue weighted by molar-refractivity contribution is 7.99.